The number of hydrogen-bond acceptors (Lipinski definition) is 5. The molecule has 0 saturated carbocycles. The molecule has 0 radical (unpaired) electrons. The molecule has 2 aromatic carbocycles. The van der Waals surface area contributed by atoms with Gasteiger partial charge in [0.25, 0.3) is 5.91 Å². The van der Waals surface area contributed by atoms with Crippen LogP contribution in [0.25, 0.3) is 11.0 Å². The number of fused-ring (bicyclic) bond motifs is 1. The first kappa shape index (κ1) is 19.5. The third kappa shape index (κ3) is 4.52. The summed E-state index contributed by atoms with van der Waals surface area (Å²) in [6, 6.07) is 15.7. The van der Waals surface area contributed by atoms with Crippen LogP contribution in [0.4, 0.5) is 5.69 Å². The van der Waals surface area contributed by atoms with Crippen LogP contribution < -0.4 is 10.6 Å². The zero-order chi connectivity index (χ0) is 21.0. The van der Waals surface area contributed by atoms with Crippen LogP contribution in [0.5, 0.6) is 0 Å². The lowest BCUT2D eigenvalue weighted by atomic mass is 10.1. The predicted molar refractivity (Wildman–Crippen MR) is 118 cm³/mol. The van der Waals surface area contributed by atoms with Gasteiger partial charge in [0.05, 0.1) is 37.3 Å². The molecule has 5 rings (SSSR count). The maximum atomic E-state index is 12.7. The zero-order valence-corrected chi connectivity index (χ0v) is 17.1. The highest BCUT2D eigenvalue weighted by atomic mass is 16.5. The van der Waals surface area contributed by atoms with Crippen LogP contribution in [-0.4, -0.2) is 41.5 Å². The van der Waals surface area contributed by atoms with Gasteiger partial charge in [0.1, 0.15) is 5.58 Å². The Kier molecular flexibility index (Phi) is 5.52. The van der Waals surface area contributed by atoms with E-state index in [9.17, 15) is 4.79 Å². The number of rotatable bonds is 6. The van der Waals surface area contributed by atoms with E-state index >= 15 is 0 Å². The molecule has 0 aliphatic carbocycles. The number of carbonyl (C=O) groups is 1. The monoisotopic (exact) mass is 416 g/mol. The van der Waals surface area contributed by atoms with E-state index in [1.54, 1.807) is 23.3 Å². The number of amides is 1. The second-order valence-corrected chi connectivity index (χ2v) is 7.74. The first-order valence-electron chi connectivity index (χ1n) is 10.4. The number of ether oxygens (including phenoxy) is 1. The van der Waals surface area contributed by atoms with Gasteiger partial charge in [-0.1, -0.05) is 30.3 Å². The fourth-order valence-corrected chi connectivity index (χ4v) is 3.85. The van der Waals surface area contributed by atoms with Gasteiger partial charge in [0.2, 0.25) is 0 Å². The van der Waals surface area contributed by atoms with E-state index in [1.165, 1.54) is 0 Å². The molecule has 158 valence electrons. The summed E-state index contributed by atoms with van der Waals surface area (Å²) in [4.78, 5) is 12.7. The first-order chi connectivity index (χ1) is 15.2. The number of anilines is 1. The van der Waals surface area contributed by atoms with Crippen LogP contribution in [0, 0.1) is 0 Å². The minimum atomic E-state index is -0.191. The number of morpholine rings is 1. The topological polar surface area (TPSA) is 81.3 Å². The molecule has 7 heteroatoms. The Hall–Kier alpha value is -3.42. The third-order valence-corrected chi connectivity index (χ3v) is 5.45. The minimum Gasteiger partial charge on any atom is -0.464 e. The number of nitrogens with one attached hydrogen (secondary N) is 2. The molecule has 1 saturated heterocycles. The van der Waals surface area contributed by atoms with Crippen LogP contribution in [0.1, 0.15) is 21.5 Å². The number of hydrogen-bond donors (Lipinski definition) is 2. The van der Waals surface area contributed by atoms with Crippen LogP contribution in [0.15, 0.2) is 71.6 Å². The van der Waals surface area contributed by atoms with E-state index in [-0.39, 0.29) is 12.0 Å². The van der Waals surface area contributed by atoms with Crippen LogP contribution in [0.2, 0.25) is 0 Å². The van der Waals surface area contributed by atoms with E-state index in [2.05, 4.69) is 15.7 Å². The summed E-state index contributed by atoms with van der Waals surface area (Å²) < 4.78 is 13.3. The van der Waals surface area contributed by atoms with Gasteiger partial charge in [-0.3, -0.25) is 9.48 Å². The molecule has 31 heavy (non-hydrogen) atoms. The van der Waals surface area contributed by atoms with Gasteiger partial charge in [-0.05, 0) is 23.8 Å². The highest BCUT2D eigenvalue weighted by Gasteiger charge is 2.17. The SMILES string of the molecule is O=C(Nc1ccc2occ(CC3CNCCO3)c2c1)c1cnn(Cc2ccccc2)c1. The number of carbonyl (C=O) groups excluding carboxylic acids is 1. The van der Waals surface area contributed by atoms with Crippen molar-refractivity contribution < 1.29 is 13.9 Å². The fraction of sp³-hybridized carbons (Fsp3) is 0.250. The van der Waals surface area contributed by atoms with Crippen molar-refractivity contribution in [2.45, 2.75) is 19.1 Å². The number of furan rings is 1. The van der Waals surface area contributed by atoms with Gasteiger partial charge in [0.15, 0.2) is 0 Å². The second kappa shape index (κ2) is 8.75. The lowest BCUT2D eigenvalue weighted by Crippen LogP contribution is -2.39. The molecule has 2 aromatic heterocycles. The van der Waals surface area contributed by atoms with Gasteiger partial charge in [-0.2, -0.15) is 5.10 Å². The van der Waals surface area contributed by atoms with Gasteiger partial charge >= 0.3 is 0 Å². The van der Waals surface area contributed by atoms with Crippen molar-refractivity contribution in [1.82, 2.24) is 15.1 Å². The van der Waals surface area contributed by atoms with E-state index in [4.69, 9.17) is 9.15 Å². The van der Waals surface area contributed by atoms with E-state index in [0.717, 1.165) is 53.9 Å². The van der Waals surface area contributed by atoms with Crippen molar-refractivity contribution in [2.24, 2.45) is 0 Å². The number of aromatic nitrogens is 2. The zero-order valence-electron chi connectivity index (χ0n) is 17.1. The van der Waals surface area contributed by atoms with Gasteiger partial charge in [-0.25, -0.2) is 0 Å². The maximum absolute atomic E-state index is 12.7. The number of nitrogens with zero attached hydrogens (tertiary/aromatic N) is 2. The van der Waals surface area contributed by atoms with Crippen molar-refractivity contribution in [3.05, 3.63) is 83.9 Å². The Bertz CT molecular complexity index is 1180. The van der Waals surface area contributed by atoms with E-state index in [1.807, 2.05) is 48.5 Å². The van der Waals surface area contributed by atoms with Crippen molar-refractivity contribution in [1.29, 1.82) is 0 Å². The molecule has 0 bridgehead atoms. The Balaban J connectivity index is 1.28. The Labute approximate surface area is 180 Å². The average Bonchev–Trinajstić information content (AvgIpc) is 3.43. The normalized spacial score (nSPS) is 16.5. The van der Waals surface area contributed by atoms with Crippen molar-refractivity contribution in [3.63, 3.8) is 0 Å². The lowest BCUT2D eigenvalue weighted by Gasteiger charge is -2.23. The molecule has 1 fully saturated rings. The van der Waals surface area contributed by atoms with Gasteiger partial charge in [-0.15, -0.1) is 0 Å². The van der Waals surface area contributed by atoms with Crippen LogP contribution in [0.3, 0.4) is 0 Å². The van der Waals surface area contributed by atoms with E-state index in [0.29, 0.717) is 12.1 Å². The summed E-state index contributed by atoms with van der Waals surface area (Å²) >= 11 is 0. The molecule has 1 unspecified atom stereocenters. The second-order valence-electron chi connectivity index (χ2n) is 7.74. The summed E-state index contributed by atoms with van der Waals surface area (Å²) in [5.74, 6) is -0.191. The molecule has 2 N–H and O–H groups in total. The summed E-state index contributed by atoms with van der Waals surface area (Å²) in [6.45, 7) is 3.06. The molecule has 7 nitrogen and oxygen atoms in total. The maximum Gasteiger partial charge on any atom is 0.258 e. The molecule has 1 atom stereocenters. The van der Waals surface area contributed by atoms with Crippen molar-refractivity contribution >= 4 is 22.6 Å². The molecule has 3 heterocycles. The highest BCUT2D eigenvalue weighted by Crippen LogP contribution is 2.26. The summed E-state index contributed by atoms with van der Waals surface area (Å²) in [5, 5.41) is 11.6. The molecule has 1 aliphatic heterocycles. The largest absolute Gasteiger partial charge is 0.464 e. The predicted octanol–water partition coefficient (Wildman–Crippen LogP) is 3.46. The molecule has 0 spiro atoms. The van der Waals surface area contributed by atoms with Gasteiger partial charge < -0.3 is 19.8 Å². The third-order valence-electron chi connectivity index (χ3n) is 5.45. The summed E-state index contributed by atoms with van der Waals surface area (Å²) in [6.07, 6.45) is 6.03. The molecule has 1 amide bonds. The highest BCUT2D eigenvalue weighted by molar-refractivity contribution is 6.04. The molecule has 4 aromatic rings. The summed E-state index contributed by atoms with van der Waals surface area (Å²) in [7, 11) is 0. The quantitative estimate of drug-likeness (QED) is 0.503. The Morgan fingerprint density at radius 3 is 2.97 bits per heavy atom. The van der Waals surface area contributed by atoms with Crippen molar-refractivity contribution in [2.75, 3.05) is 25.0 Å². The van der Waals surface area contributed by atoms with Crippen LogP contribution >= 0.6 is 0 Å². The minimum absolute atomic E-state index is 0.128. The Morgan fingerprint density at radius 1 is 1.23 bits per heavy atom. The molecule has 1 aliphatic rings. The lowest BCUT2D eigenvalue weighted by molar-refractivity contribution is 0.0293. The summed E-state index contributed by atoms with van der Waals surface area (Å²) in [5.41, 5.74) is 4.25. The standard InChI is InChI=1S/C24H24N4O3/c29-24(19-12-26-28(15-19)14-17-4-2-1-3-5-17)27-20-6-7-23-22(11-20)18(16-31-23)10-21-13-25-8-9-30-21/h1-7,11-12,15-16,21,25H,8-10,13-14H2,(H,27,29). The van der Waals surface area contributed by atoms with E-state index < -0.39 is 0 Å². The molecular weight excluding hydrogens is 392 g/mol. The molecular formula is C24H24N4O3. The van der Waals surface area contributed by atoms with Gasteiger partial charge in [0, 0.05) is 42.3 Å². The number of benzene rings is 2. The van der Waals surface area contributed by atoms with Crippen molar-refractivity contribution in [3.8, 4) is 0 Å². The first-order valence-corrected chi connectivity index (χ1v) is 10.4. The smallest absolute Gasteiger partial charge is 0.258 e. The average molecular weight is 416 g/mol. The van der Waals surface area contributed by atoms with Crippen LogP contribution in [-0.2, 0) is 17.7 Å². The Morgan fingerprint density at radius 2 is 2.13 bits per heavy atom. The fourth-order valence-electron chi connectivity index (χ4n) is 3.85.